The van der Waals surface area contributed by atoms with Crippen LogP contribution in [0.3, 0.4) is 0 Å². The van der Waals surface area contributed by atoms with Gasteiger partial charge in [-0.3, -0.25) is 4.79 Å². The third kappa shape index (κ3) is 5.84. The molecular weight excluding hydrogens is 462 g/mol. The molecule has 2 heterocycles. The Balaban J connectivity index is 1.82. The second kappa shape index (κ2) is 8.61. The van der Waals surface area contributed by atoms with E-state index in [1.807, 2.05) is 59.7 Å². The average Bonchev–Trinajstić information content (AvgIpc) is 3.07. The molecule has 1 aliphatic heterocycles. The standard InChI is InChI=1S/C22H30BrN5O3/c1-21(2,3)28-13-18(25-26-28)19(29)24-17-9-10-27(20(30)31-22(4,5)6)12-14-11-15(23)7-8-16(14)17/h7-8,11,13,17H,9-10,12H2,1-6H3,(H,24,29). The van der Waals surface area contributed by atoms with E-state index in [9.17, 15) is 9.59 Å². The van der Waals surface area contributed by atoms with E-state index in [2.05, 4.69) is 31.6 Å². The van der Waals surface area contributed by atoms with Gasteiger partial charge >= 0.3 is 6.09 Å². The maximum Gasteiger partial charge on any atom is 0.410 e. The summed E-state index contributed by atoms with van der Waals surface area (Å²) >= 11 is 3.51. The predicted molar refractivity (Wildman–Crippen MR) is 121 cm³/mol. The predicted octanol–water partition coefficient (Wildman–Crippen LogP) is 4.41. The van der Waals surface area contributed by atoms with E-state index in [0.29, 0.717) is 19.5 Å². The van der Waals surface area contributed by atoms with Crippen LogP contribution in [0.4, 0.5) is 4.79 Å². The number of fused-ring (bicyclic) bond motifs is 1. The molecule has 2 aromatic rings. The molecule has 1 atom stereocenters. The lowest BCUT2D eigenvalue weighted by Crippen LogP contribution is -2.37. The van der Waals surface area contributed by atoms with Crippen LogP contribution >= 0.6 is 15.9 Å². The molecule has 0 saturated carbocycles. The molecule has 9 heteroatoms. The molecule has 0 bridgehead atoms. The van der Waals surface area contributed by atoms with Crippen molar-refractivity contribution < 1.29 is 14.3 Å². The van der Waals surface area contributed by atoms with Gasteiger partial charge in [0, 0.05) is 17.6 Å². The van der Waals surface area contributed by atoms with E-state index in [0.717, 1.165) is 15.6 Å². The number of rotatable bonds is 2. The van der Waals surface area contributed by atoms with Gasteiger partial charge in [-0.15, -0.1) is 5.10 Å². The third-order valence-corrected chi connectivity index (χ3v) is 5.39. The van der Waals surface area contributed by atoms with Crippen molar-refractivity contribution >= 4 is 27.9 Å². The summed E-state index contributed by atoms with van der Waals surface area (Å²) in [5.41, 5.74) is 1.37. The zero-order valence-electron chi connectivity index (χ0n) is 18.9. The van der Waals surface area contributed by atoms with Gasteiger partial charge in [0.2, 0.25) is 0 Å². The highest BCUT2D eigenvalue weighted by Crippen LogP contribution is 2.30. The minimum atomic E-state index is -0.573. The normalized spacial score (nSPS) is 17.0. The summed E-state index contributed by atoms with van der Waals surface area (Å²) in [7, 11) is 0. The van der Waals surface area contributed by atoms with Crippen LogP contribution in [0.15, 0.2) is 28.9 Å². The zero-order chi connectivity index (χ0) is 23.0. The molecule has 3 rings (SSSR count). The molecule has 8 nitrogen and oxygen atoms in total. The number of hydrogen-bond acceptors (Lipinski definition) is 5. The van der Waals surface area contributed by atoms with Gasteiger partial charge in [-0.2, -0.15) is 0 Å². The van der Waals surface area contributed by atoms with Crippen LogP contribution in [0.5, 0.6) is 0 Å². The topological polar surface area (TPSA) is 89.4 Å². The first-order valence-corrected chi connectivity index (χ1v) is 11.1. The number of hydrogen-bond donors (Lipinski definition) is 1. The van der Waals surface area contributed by atoms with Crippen molar-refractivity contribution in [3.63, 3.8) is 0 Å². The van der Waals surface area contributed by atoms with Crippen LogP contribution in [0, 0.1) is 0 Å². The molecule has 1 N–H and O–H groups in total. The summed E-state index contributed by atoms with van der Waals surface area (Å²) in [5.74, 6) is -0.292. The summed E-state index contributed by atoms with van der Waals surface area (Å²) in [4.78, 5) is 27.3. The van der Waals surface area contributed by atoms with Crippen LogP contribution in [-0.2, 0) is 16.8 Å². The summed E-state index contributed by atoms with van der Waals surface area (Å²) in [6.07, 6.45) is 1.85. The van der Waals surface area contributed by atoms with Crippen molar-refractivity contribution in [1.29, 1.82) is 0 Å². The second-order valence-electron chi connectivity index (χ2n) is 9.78. The van der Waals surface area contributed by atoms with Crippen molar-refractivity contribution in [1.82, 2.24) is 25.2 Å². The highest BCUT2D eigenvalue weighted by molar-refractivity contribution is 9.10. The Morgan fingerprint density at radius 1 is 1.19 bits per heavy atom. The van der Waals surface area contributed by atoms with Crippen molar-refractivity contribution in [2.45, 2.75) is 71.7 Å². The Hall–Kier alpha value is -2.42. The summed E-state index contributed by atoms with van der Waals surface area (Å²) in [6.45, 7) is 12.4. The number of ether oxygens (including phenoxy) is 1. The van der Waals surface area contributed by atoms with Crippen LogP contribution in [0.2, 0.25) is 0 Å². The fraction of sp³-hybridized carbons (Fsp3) is 0.545. The van der Waals surface area contributed by atoms with Crippen LogP contribution < -0.4 is 5.32 Å². The minimum Gasteiger partial charge on any atom is -0.444 e. The van der Waals surface area contributed by atoms with Gasteiger partial charge in [0.1, 0.15) is 5.60 Å². The number of carbonyl (C=O) groups is 2. The van der Waals surface area contributed by atoms with Crippen molar-refractivity contribution in [3.05, 3.63) is 45.7 Å². The van der Waals surface area contributed by atoms with Crippen LogP contribution in [-0.4, -0.2) is 44.0 Å². The number of benzene rings is 1. The van der Waals surface area contributed by atoms with Crippen LogP contribution in [0.25, 0.3) is 0 Å². The molecule has 0 saturated heterocycles. The second-order valence-corrected chi connectivity index (χ2v) is 10.7. The van der Waals surface area contributed by atoms with E-state index >= 15 is 0 Å². The van der Waals surface area contributed by atoms with E-state index < -0.39 is 5.60 Å². The molecule has 31 heavy (non-hydrogen) atoms. The molecule has 0 radical (unpaired) electrons. The molecule has 0 spiro atoms. The quantitative estimate of drug-likeness (QED) is 0.671. The molecule has 1 unspecified atom stereocenters. The molecule has 0 fully saturated rings. The molecule has 1 aromatic heterocycles. The highest BCUT2D eigenvalue weighted by Gasteiger charge is 2.30. The first-order chi connectivity index (χ1) is 14.3. The lowest BCUT2D eigenvalue weighted by Gasteiger charge is -2.26. The zero-order valence-corrected chi connectivity index (χ0v) is 20.5. The van der Waals surface area contributed by atoms with E-state index in [1.54, 1.807) is 15.8 Å². The maximum atomic E-state index is 12.9. The first kappa shape index (κ1) is 23.2. The Morgan fingerprint density at radius 3 is 2.52 bits per heavy atom. The van der Waals surface area contributed by atoms with Gasteiger partial charge in [-0.1, -0.05) is 27.2 Å². The number of halogens is 1. The van der Waals surface area contributed by atoms with Gasteiger partial charge in [-0.25, -0.2) is 9.48 Å². The molecule has 168 valence electrons. The molecule has 0 aliphatic carbocycles. The summed E-state index contributed by atoms with van der Waals surface area (Å²) < 4.78 is 8.15. The molecule has 2 amide bonds. The fourth-order valence-corrected chi connectivity index (χ4v) is 3.74. The van der Waals surface area contributed by atoms with Crippen molar-refractivity contribution in [2.75, 3.05) is 6.54 Å². The largest absolute Gasteiger partial charge is 0.444 e. The van der Waals surface area contributed by atoms with Gasteiger partial charge in [0.05, 0.1) is 17.8 Å². The SMILES string of the molecule is CC(C)(C)OC(=O)N1CCC(NC(=O)c2cn(C(C)(C)C)nn2)c2ccc(Br)cc2C1. The van der Waals surface area contributed by atoms with E-state index in [4.69, 9.17) is 4.74 Å². The Morgan fingerprint density at radius 2 is 1.90 bits per heavy atom. The number of aromatic nitrogens is 3. The molecule has 1 aliphatic rings. The van der Waals surface area contributed by atoms with Gasteiger partial charge < -0.3 is 15.0 Å². The van der Waals surface area contributed by atoms with E-state index in [1.165, 1.54) is 0 Å². The van der Waals surface area contributed by atoms with Crippen molar-refractivity contribution in [3.8, 4) is 0 Å². The minimum absolute atomic E-state index is 0.261. The third-order valence-electron chi connectivity index (χ3n) is 4.90. The van der Waals surface area contributed by atoms with E-state index in [-0.39, 0.29) is 29.3 Å². The van der Waals surface area contributed by atoms with Gasteiger partial charge in [0.25, 0.3) is 5.91 Å². The van der Waals surface area contributed by atoms with Crippen molar-refractivity contribution in [2.24, 2.45) is 0 Å². The molecule has 1 aromatic carbocycles. The number of nitrogens with zero attached hydrogens (tertiary/aromatic N) is 4. The smallest absolute Gasteiger partial charge is 0.410 e. The summed E-state index contributed by atoms with van der Waals surface area (Å²) in [6, 6.07) is 5.64. The number of carbonyl (C=O) groups excluding carboxylic acids is 2. The molecular formula is C22H30BrN5O3. The Kier molecular flexibility index (Phi) is 6.45. The monoisotopic (exact) mass is 491 g/mol. The first-order valence-electron chi connectivity index (χ1n) is 10.3. The number of amides is 2. The van der Waals surface area contributed by atoms with Crippen LogP contribution in [0.1, 0.15) is 75.6 Å². The van der Waals surface area contributed by atoms with Gasteiger partial charge in [-0.05, 0) is 71.2 Å². The fourth-order valence-electron chi connectivity index (χ4n) is 3.34. The maximum absolute atomic E-state index is 12.9. The lowest BCUT2D eigenvalue weighted by molar-refractivity contribution is 0.0234. The number of nitrogens with one attached hydrogen (secondary N) is 1. The lowest BCUT2D eigenvalue weighted by atomic mass is 9.99. The van der Waals surface area contributed by atoms with Gasteiger partial charge in [0.15, 0.2) is 5.69 Å². The average molecular weight is 492 g/mol. The Bertz CT molecular complexity index is 974. The highest BCUT2D eigenvalue weighted by atomic mass is 79.9. The Labute approximate surface area is 191 Å². The summed E-state index contributed by atoms with van der Waals surface area (Å²) in [5, 5.41) is 11.2.